The number of ether oxygens (including phenoxy) is 2. The minimum atomic E-state index is -0.449. The van der Waals surface area contributed by atoms with E-state index in [1.807, 2.05) is 24.7 Å². The molecular weight excluding hydrogens is 486 g/mol. The van der Waals surface area contributed by atoms with Crippen molar-refractivity contribution in [2.45, 2.75) is 118 Å². The van der Waals surface area contributed by atoms with Crippen LogP contribution in [-0.4, -0.2) is 76.0 Å². The second kappa shape index (κ2) is 16.8. The Balaban J connectivity index is 2.25. The lowest BCUT2D eigenvalue weighted by molar-refractivity contribution is -0.123. The summed E-state index contributed by atoms with van der Waals surface area (Å²) in [5.41, 5.74) is 0.873. The highest BCUT2D eigenvalue weighted by atomic mass is 16.5. The van der Waals surface area contributed by atoms with Crippen molar-refractivity contribution >= 4 is 11.8 Å². The highest BCUT2D eigenvalue weighted by Gasteiger charge is 2.25. The van der Waals surface area contributed by atoms with Gasteiger partial charge in [-0.3, -0.25) is 14.3 Å². The molecule has 0 saturated carbocycles. The Morgan fingerprint density at radius 3 is 2.42 bits per heavy atom. The lowest BCUT2D eigenvalue weighted by Crippen LogP contribution is -2.42. The van der Waals surface area contributed by atoms with Crippen LogP contribution in [0.25, 0.3) is 0 Å². The van der Waals surface area contributed by atoms with E-state index in [9.17, 15) is 14.7 Å². The normalized spacial score (nSPS) is 13.2. The number of nitrogens with one attached hydrogen (secondary N) is 2. The van der Waals surface area contributed by atoms with E-state index < -0.39 is 6.04 Å². The van der Waals surface area contributed by atoms with Crippen LogP contribution in [0.4, 0.5) is 0 Å². The smallest absolute Gasteiger partial charge is 0.222 e. The number of carbonyl (C=O) groups excluding carboxylic acids is 2. The highest BCUT2D eigenvalue weighted by molar-refractivity contribution is 5.79. The van der Waals surface area contributed by atoms with Crippen LogP contribution in [-0.2, 0) is 32.0 Å². The summed E-state index contributed by atoms with van der Waals surface area (Å²) in [6.07, 6.45) is 5.62. The zero-order valence-electron chi connectivity index (χ0n) is 25.0. The summed E-state index contributed by atoms with van der Waals surface area (Å²) in [6, 6.07) is -0.449. The fourth-order valence-corrected chi connectivity index (χ4v) is 3.48. The second-order valence-electron chi connectivity index (χ2n) is 12.0. The molecule has 2 amide bonds. The van der Waals surface area contributed by atoms with Crippen molar-refractivity contribution in [3.8, 4) is 0 Å². The van der Waals surface area contributed by atoms with Crippen molar-refractivity contribution in [1.29, 1.82) is 0 Å². The molecule has 0 aromatic carbocycles. The first-order valence-electron chi connectivity index (χ1n) is 14.1. The Morgan fingerprint density at radius 2 is 1.79 bits per heavy atom. The van der Waals surface area contributed by atoms with E-state index in [4.69, 9.17) is 9.47 Å². The molecule has 0 radical (unpaired) electrons. The van der Waals surface area contributed by atoms with Crippen molar-refractivity contribution in [2.24, 2.45) is 11.3 Å². The summed E-state index contributed by atoms with van der Waals surface area (Å²) < 4.78 is 13.4. The maximum Gasteiger partial charge on any atom is 0.222 e. The Bertz CT molecular complexity index is 822. The van der Waals surface area contributed by atoms with Crippen molar-refractivity contribution in [3.05, 3.63) is 11.9 Å². The number of aryl methyl sites for hydroxylation is 2. The van der Waals surface area contributed by atoms with Crippen LogP contribution < -0.4 is 10.6 Å². The number of rotatable bonds is 20. The Hall–Kier alpha value is -2.04. The molecule has 220 valence electrons. The second-order valence-corrected chi connectivity index (χ2v) is 12.0. The van der Waals surface area contributed by atoms with Crippen molar-refractivity contribution < 1.29 is 24.2 Å². The van der Waals surface area contributed by atoms with Crippen molar-refractivity contribution in [1.82, 2.24) is 25.6 Å². The number of hydrogen-bond donors (Lipinski definition) is 3. The minimum Gasteiger partial charge on any atom is -0.394 e. The fraction of sp³-hybridized carbons (Fsp3) is 0.857. The number of carbonyl (C=O) groups is 2. The molecule has 1 rings (SSSR count). The molecule has 1 heterocycles. The first-order valence-corrected chi connectivity index (χ1v) is 14.1. The number of aliphatic hydroxyl groups excluding tert-OH is 1. The van der Waals surface area contributed by atoms with Gasteiger partial charge >= 0.3 is 0 Å². The predicted molar refractivity (Wildman–Crippen MR) is 149 cm³/mol. The summed E-state index contributed by atoms with van der Waals surface area (Å²) in [4.78, 5) is 24.1. The van der Waals surface area contributed by atoms with Crippen LogP contribution >= 0.6 is 0 Å². The fourth-order valence-electron chi connectivity index (χ4n) is 3.48. The Kier molecular flexibility index (Phi) is 15.0. The topological polar surface area (TPSA) is 128 Å². The van der Waals surface area contributed by atoms with Gasteiger partial charge in [-0.1, -0.05) is 32.9 Å². The van der Waals surface area contributed by atoms with Gasteiger partial charge < -0.3 is 25.2 Å². The van der Waals surface area contributed by atoms with E-state index in [1.54, 1.807) is 0 Å². The third-order valence-electron chi connectivity index (χ3n) is 7.06. The molecule has 1 unspecified atom stereocenters. The lowest BCUT2D eigenvalue weighted by atomic mass is 9.78. The van der Waals surface area contributed by atoms with E-state index in [2.05, 4.69) is 62.5 Å². The Morgan fingerprint density at radius 1 is 1.08 bits per heavy atom. The number of aromatic nitrogens is 3. The highest BCUT2D eigenvalue weighted by Crippen LogP contribution is 2.30. The van der Waals surface area contributed by atoms with Crippen LogP contribution in [0.15, 0.2) is 6.20 Å². The van der Waals surface area contributed by atoms with E-state index in [1.165, 1.54) is 0 Å². The van der Waals surface area contributed by atoms with Crippen LogP contribution in [0, 0.1) is 11.3 Å². The van der Waals surface area contributed by atoms with Crippen LogP contribution in [0.5, 0.6) is 0 Å². The molecule has 0 aliphatic rings. The number of aliphatic hydroxyl groups is 1. The molecule has 0 bridgehead atoms. The molecule has 38 heavy (non-hydrogen) atoms. The maximum absolute atomic E-state index is 12.1. The molecule has 10 nitrogen and oxygen atoms in total. The summed E-state index contributed by atoms with van der Waals surface area (Å²) in [6.45, 7) is 18.8. The maximum atomic E-state index is 12.1. The summed E-state index contributed by atoms with van der Waals surface area (Å²) in [7, 11) is 0. The average Bonchev–Trinajstić information content (AvgIpc) is 3.28. The van der Waals surface area contributed by atoms with E-state index in [0.717, 1.165) is 31.7 Å². The van der Waals surface area contributed by atoms with Crippen LogP contribution in [0.2, 0.25) is 0 Å². The zero-order valence-corrected chi connectivity index (χ0v) is 25.0. The zero-order chi connectivity index (χ0) is 28.8. The van der Waals surface area contributed by atoms with Crippen molar-refractivity contribution in [2.75, 3.05) is 26.4 Å². The van der Waals surface area contributed by atoms with Crippen LogP contribution in [0.1, 0.15) is 93.2 Å². The lowest BCUT2D eigenvalue weighted by Gasteiger charge is -2.32. The van der Waals surface area contributed by atoms with Gasteiger partial charge in [0.2, 0.25) is 11.8 Å². The SMILES string of the molecule is CC(C)OCC(CO)NC(=O)CCNC(=O)CCCc1cn(CCC(C)(C)OCCC(C)(C)C(C)C)nn1. The summed E-state index contributed by atoms with van der Waals surface area (Å²) in [5.74, 6) is 0.272. The van der Waals surface area contributed by atoms with E-state index in [-0.39, 0.29) is 55.1 Å². The minimum absolute atomic E-state index is 0.0220. The molecule has 0 saturated heterocycles. The standard InChI is InChI=1S/C28H53N5O5/c1-21(2)27(5,6)14-17-38-28(7,8)13-16-33-18-23(31-32-33)10-9-11-25(35)29-15-12-26(36)30-24(19-34)20-37-22(3)4/h18,21-22,24,34H,9-17,19-20H2,1-8H3,(H,29,35)(H,30,36). The molecule has 0 aliphatic heterocycles. The molecule has 0 aliphatic carbocycles. The van der Waals surface area contributed by atoms with Gasteiger partial charge in [-0.2, -0.15) is 0 Å². The number of amides is 2. The Labute approximate surface area is 229 Å². The van der Waals surface area contributed by atoms with E-state index in [0.29, 0.717) is 25.2 Å². The molecule has 3 N–H and O–H groups in total. The van der Waals surface area contributed by atoms with Gasteiger partial charge in [0.15, 0.2) is 0 Å². The first-order chi connectivity index (χ1) is 17.7. The summed E-state index contributed by atoms with van der Waals surface area (Å²) in [5, 5.41) is 23.3. The molecular formula is C28H53N5O5. The molecule has 0 fully saturated rings. The molecule has 1 aromatic heterocycles. The van der Waals surface area contributed by atoms with Crippen molar-refractivity contribution in [3.63, 3.8) is 0 Å². The quantitative estimate of drug-likeness (QED) is 0.232. The van der Waals surface area contributed by atoms with Gasteiger partial charge in [-0.05, 0) is 64.7 Å². The molecule has 10 heteroatoms. The van der Waals surface area contributed by atoms with Gasteiger partial charge in [0.05, 0.1) is 36.7 Å². The van der Waals surface area contributed by atoms with Gasteiger partial charge in [-0.15, -0.1) is 5.10 Å². The van der Waals surface area contributed by atoms with Gasteiger partial charge in [0, 0.05) is 38.7 Å². The third kappa shape index (κ3) is 14.8. The number of hydrogen-bond acceptors (Lipinski definition) is 7. The largest absolute Gasteiger partial charge is 0.394 e. The van der Waals surface area contributed by atoms with Gasteiger partial charge in [0.25, 0.3) is 0 Å². The molecule has 0 spiro atoms. The van der Waals surface area contributed by atoms with E-state index >= 15 is 0 Å². The molecule has 1 atom stereocenters. The molecule has 1 aromatic rings. The monoisotopic (exact) mass is 539 g/mol. The van der Waals surface area contributed by atoms with Gasteiger partial charge in [0.1, 0.15) is 0 Å². The van der Waals surface area contributed by atoms with Gasteiger partial charge in [-0.25, -0.2) is 0 Å². The average molecular weight is 540 g/mol. The first kappa shape index (κ1) is 34.0. The van der Waals surface area contributed by atoms with Crippen LogP contribution in [0.3, 0.4) is 0 Å². The predicted octanol–water partition coefficient (Wildman–Crippen LogP) is 3.27. The number of nitrogens with zero attached hydrogens (tertiary/aromatic N) is 3. The third-order valence-corrected chi connectivity index (χ3v) is 7.06. The summed E-state index contributed by atoms with van der Waals surface area (Å²) >= 11 is 0.